The van der Waals surface area contributed by atoms with Gasteiger partial charge in [-0.15, -0.1) is 0 Å². The number of nitrogens with zero attached hydrogens (tertiary/aromatic N) is 2. The van der Waals surface area contributed by atoms with E-state index in [4.69, 9.17) is 74.3 Å². The van der Waals surface area contributed by atoms with Crippen LogP contribution in [0.25, 0.3) is 5.76 Å². The average Bonchev–Trinajstić information content (AvgIpc) is 2.72. The van der Waals surface area contributed by atoms with Crippen LogP contribution in [0.3, 0.4) is 0 Å². The molecule has 1 spiro atoms. The number of carbonyl (C=O) groups excluding carboxylic acids is 3. The van der Waals surface area contributed by atoms with Crippen LogP contribution in [0.5, 0.6) is 5.75 Å². The highest BCUT2D eigenvalue weighted by Crippen LogP contribution is 2.54. The predicted molar refractivity (Wildman–Crippen MR) is 123 cm³/mol. The Kier molecular flexibility index (Phi) is 5.85. The molecule has 0 aliphatic carbocycles. The van der Waals surface area contributed by atoms with E-state index >= 15 is 0 Å². The van der Waals surface area contributed by atoms with Gasteiger partial charge in [-0.1, -0.05) is 118 Å². The molecule has 2 heterocycles. The summed E-state index contributed by atoms with van der Waals surface area (Å²) in [4.78, 5) is 40.3. The minimum absolute atomic E-state index is 0.223. The number of imide groups is 2. The molecular formula is C20H10Cl6N2O4. The van der Waals surface area contributed by atoms with Gasteiger partial charge in [-0.2, -0.15) is 0 Å². The van der Waals surface area contributed by atoms with E-state index in [0.29, 0.717) is 15.4 Å². The first kappa shape index (κ1) is 23.5. The van der Waals surface area contributed by atoms with Crippen LogP contribution in [0.1, 0.15) is 11.1 Å². The highest BCUT2D eigenvalue weighted by Gasteiger charge is 2.69. The topological polar surface area (TPSA) is 66.9 Å². The third-order valence-electron chi connectivity index (χ3n) is 4.85. The van der Waals surface area contributed by atoms with Crippen molar-refractivity contribution < 1.29 is 19.1 Å². The first-order valence-electron chi connectivity index (χ1n) is 8.81. The lowest BCUT2D eigenvalue weighted by Crippen LogP contribution is -2.79. The molecule has 0 N–H and O–H groups in total. The van der Waals surface area contributed by atoms with Gasteiger partial charge in [0.1, 0.15) is 11.5 Å². The number of urea groups is 1. The van der Waals surface area contributed by atoms with E-state index in [2.05, 4.69) is 0 Å². The van der Waals surface area contributed by atoms with Gasteiger partial charge in [-0.25, -0.2) is 14.6 Å². The number of fused-ring (bicyclic) bond motifs is 2. The molecule has 1 saturated heterocycles. The summed E-state index contributed by atoms with van der Waals surface area (Å²) >= 11 is 34.9. The third-order valence-corrected chi connectivity index (χ3v) is 5.82. The molecule has 0 unspecified atom stereocenters. The van der Waals surface area contributed by atoms with Crippen molar-refractivity contribution >= 4 is 93.2 Å². The molecule has 0 bridgehead atoms. The van der Waals surface area contributed by atoms with Crippen LogP contribution in [0, 0.1) is 0 Å². The molecule has 2 aromatic rings. The van der Waals surface area contributed by atoms with Gasteiger partial charge in [0, 0.05) is 17.2 Å². The number of alkyl halides is 6. The lowest BCUT2D eigenvalue weighted by Gasteiger charge is -2.58. The number of benzene rings is 2. The van der Waals surface area contributed by atoms with Gasteiger partial charge in [0.2, 0.25) is 0 Å². The van der Waals surface area contributed by atoms with Crippen LogP contribution < -0.4 is 4.74 Å². The van der Waals surface area contributed by atoms with Crippen LogP contribution >= 0.6 is 69.6 Å². The van der Waals surface area contributed by atoms with E-state index in [9.17, 15) is 14.4 Å². The number of hydrogen-bond donors (Lipinski definition) is 0. The number of rotatable bonds is 1. The average molecular weight is 555 g/mol. The molecule has 4 rings (SSSR count). The Labute approximate surface area is 212 Å². The van der Waals surface area contributed by atoms with Gasteiger partial charge in [0.25, 0.3) is 19.4 Å². The van der Waals surface area contributed by atoms with Crippen molar-refractivity contribution in [1.82, 2.24) is 9.80 Å². The zero-order valence-electron chi connectivity index (χ0n) is 15.6. The maximum absolute atomic E-state index is 13.1. The summed E-state index contributed by atoms with van der Waals surface area (Å²) in [6.45, 7) is 0. The van der Waals surface area contributed by atoms with Crippen molar-refractivity contribution in [1.29, 1.82) is 0 Å². The number of halogens is 6. The maximum Gasteiger partial charge on any atom is 0.338 e. The molecule has 32 heavy (non-hydrogen) atoms. The van der Waals surface area contributed by atoms with Gasteiger partial charge in [-0.05, 0) is 6.07 Å². The fourth-order valence-electron chi connectivity index (χ4n) is 3.57. The van der Waals surface area contributed by atoms with Gasteiger partial charge in [0.05, 0.1) is 0 Å². The SMILES string of the molecule is O=C1N(C(=O)C(Cl)(Cl)Cl)C2(C=C(c3ccccc3)Oc3ccccc32)N1C(=O)C(Cl)(Cl)Cl. The molecule has 1 fully saturated rings. The molecule has 2 aliphatic heterocycles. The lowest BCUT2D eigenvalue weighted by molar-refractivity contribution is -0.161. The highest BCUT2D eigenvalue weighted by atomic mass is 35.6. The summed E-state index contributed by atoms with van der Waals surface area (Å²) in [5.41, 5.74) is -1.09. The minimum Gasteiger partial charge on any atom is -0.456 e. The molecule has 2 aromatic carbocycles. The van der Waals surface area contributed by atoms with Crippen LogP contribution in [0.2, 0.25) is 0 Å². The fourth-order valence-corrected chi connectivity index (χ4v) is 4.07. The van der Waals surface area contributed by atoms with E-state index in [1.807, 2.05) is 0 Å². The summed E-state index contributed by atoms with van der Waals surface area (Å²) in [6.07, 6.45) is 1.37. The Balaban J connectivity index is 2.01. The van der Waals surface area contributed by atoms with Crippen molar-refractivity contribution in [2.75, 3.05) is 0 Å². The summed E-state index contributed by atoms with van der Waals surface area (Å²) in [5, 5.41) is 0. The maximum atomic E-state index is 13.1. The quantitative estimate of drug-likeness (QED) is 0.418. The second kappa shape index (κ2) is 7.97. The van der Waals surface area contributed by atoms with Crippen molar-refractivity contribution in [3.8, 4) is 5.75 Å². The van der Waals surface area contributed by atoms with Crippen molar-refractivity contribution in [2.24, 2.45) is 0 Å². The number of amides is 4. The van der Waals surface area contributed by atoms with E-state index in [-0.39, 0.29) is 17.1 Å². The van der Waals surface area contributed by atoms with Gasteiger partial charge in [0.15, 0.2) is 5.66 Å². The number of para-hydroxylation sites is 1. The first-order chi connectivity index (χ1) is 14.9. The van der Waals surface area contributed by atoms with Crippen molar-refractivity contribution in [3.05, 3.63) is 71.8 Å². The molecule has 2 aliphatic rings. The summed E-state index contributed by atoms with van der Waals surface area (Å²) < 4.78 is 0.971. The normalized spacial score (nSPS) is 17.3. The number of ether oxygens (including phenoxy) is 1. The number of hydrogen-bond acceptors (Lipinski definition) is 4. The second-order valence-corrected chi connectivity index (χ2v) is 11.3. The summed E-state index contributed by atoms with van der Waals surface area (Å²) in [6, 6.07) is 14.1. The summed E-state index contributed by atoms with van der Waals surface area (Å²) in [5.74, 6) is -1.92. The summed E-state index contributed by atoms with van der Waals surface area (Å²) in [7, 11) is 0. The molecule has 12 heteroatoms. The van der Waals surface area contributed by atoms with Crippen molar-refractivity contribution in [2.45, 2.75) is 13.2 Å². The monoisotopic (exact) mass is 552 g/mol. The smallest absolute Gasteiger partial charge is 0.338 e. The van der Waals surface area contributed by atoms with Gasteiger partial charge in [-0.3, -0.25) is 9.59 Å². The Morgan fingerprint density at radius 3 is 1.81 bits per heavy atom. The fraction of sp³-hybridized carbons (Fsp3) is 0.150. The lowest BCUT2D eigenvalue weighted by atomic mass is 9.86. The Bertz CT molecular complexity index is 1120. The Morgan fingerprint density at radius 1 is 0.781 bits per heavy atom. The first-order valence-corrected chi connectivity index (χ1v) is 11.1. The van der Waals surface area contributed by atoms with E-state index in [1.54, 1.807) is 48.5 Å². The molecule has 0 saturated carbocycles. The Morgan fingerprint density at radius 2 is 1.28 bits per heavy atom. The van der Waals surface area contributed by atoms with Gasteiger partial charge < -0.3 is 4.74 Å². The molecule has 0 aromatic heterocycles. The third kappa shape index (κ3) is 3.63. The highest BCUT2D eigenvalue weighted by molar-refractivity contribution is 6.77. The van der Waals surface area contributed by atoms with Crippen LogP contribution in [-0.4, -0.2) is 35.2 Å². The standard InChI is InChI=1S/C20H10Cl6N2O4/c21-19(22,23)15(29)27-17(31)28(16(30)20(24,25)26)18(27)10-14(11-6-2-1-3-7-11)32-13-9-5-4-8-12(13)18/h1-10H. The molecule has 0 radical (unpaired) electrons. The van der Waals surface area contributed by atoms with Crippen molar-refractivity contribution in [3.63, 3.8) is 0 Å². The molecular weight excluding hydrogens is 545 g/mol. The Hall–Kier alpha value is -1.67. The van der Waals surface area contributed by atoms with E-state index < -0.39 is 31.1 Å². The zero-order valence-corrected chi connectivity index (χ0v) is 20.1. The molecule has 166 valence electrons. The second-order valence-electron chi connectivity index (χ2n) is 6.76. The van der Waals surface area contributed by atoms with Crippen LogP contribution in [0.4, 0.5) is 4.79 Å². The van der Waals surface area contributed by atoms with E-state index in [0.717, 1.165) is 0 Å². The van der Waals surface area contributed by atoms with Crippen LogP contribution in [0.15, 0.2) is 60.7 Å². The molecule has 6 nitrogen and oxygen atoms in total. The minimum atomic E-state index is -2.51. The van der Waals surface area contributed by atoms with Gasteiger partial charge >= 0.3 is 6.03 Å². The largest absolute Gasteiger partial charge is 0.456 e. The predicted octanol–water partition coefficient (Wildman–Crippen LogP) is 5.80. The molecule has 0 atom stereocenters. The zero-order chi connectivity index (χ0) is 23.5. The number of carbonyl (C=O) groups is 3. The van der Waals surface area contributed by atoms with Crippen LogP contribution in [-0.2, 0) is 15.3 Å². The van der Waals surface area contributed by atoms with E-state index in [1.165, 1.54) is 12.1 Å². The molecule has 4 amide bonds.